The minimum atomic E-state index is -0.0783. The highest BCUT2D eigenvalue weighted by molar-refractivity contribution is 9.10. The van der Waals surface area contributed by atoms with Crippen molar-refractivity contribution in [2.75, 3.05) is 13.8 Å². The summed E-state index contributed by atoms with van der Waals surface area (Å²) in [5.41, 5.74) is 2.85. The summed E-state index contributed by atoms with van der Waals surface area (Å²) in [5, 5.41) is 0.655. The number of aryl methyl sites for hydroxylation is 1. The van der Waals surface area contributed by atoms with Crippen LogP contribution in [-0.4, -0.2) is 29.8 Å². The summed E-state index contributed by atoms with van der Waals surface area (Å²) < 4.78 is 11.6. The average Bonchev–Trinajstić information content (AvgIpc) is 3.17. The number of amidine groups is 1. The zero-order valence-corrected chi connectivity index (χ0v) is 16.6. The van der Waals surface area contributed by atoms with Crippen molar-refractivity contribution in [2.45, 2.75) is 6.92 Å². The van der Waals surface area contributed by atoms with Gasteiger partial charge in [-0.25, -0.2) is 4.99 Å². The highest BCUT2D eigenvalue weighted by atomic mass is 79.9. The lowest BCUT2D eigenvalue weighted by atomic mass is 10.2. The van der Waals surface area contributed by atoms with Crippen molar-refractivity contribution in [3.8, 4) is 11.5 Å². The maximum absolute atomic E-state index is 12.6. The number of hydrogen-bond acceptors (Lipinski definition) is 5. The molecule has 0 aliphatic carbocycles. The van der Waals surface area contributed by atoms with E-state index in [0.29, 0.717) is 21.6 Å². The highest BCUT2D eigenvalue weighted by Crippen LogP contribution is 2.40. The van der Waals surface area contributed by atoms with Crippen LogP contribution in [0.3, 0.4) is 0 Å². The monoisotopic (exact) mass is 430 g/mol. The van der Waals surface area contributed by atoms with Gasteiger partial charge in [-0.05, 0) is 54.6 Å². The third-order valence-electron chi connectivity index (χ3n) is 4.04. The molecule has 1 amide bonds. The Morgan fingerprint density at radius 3 is 2.62 bits per heavy atom. The number of amides is 1. The molecule has 132 valence electrons. The van der Waals surface area contributed by atoms with E-state index in [2.05, 4.69) is 20.9 Å². The number of aliphatic imine (C=N–C) groups is 1. The van der Waals surface area contributed by atoms with Crippen LogP contribution in [0.1, 0.15) is 11.1 Å². The maximum atomic E-state index is 12.6. The lowest BCUT2D eigenvalue weighted by Gasteiger charge is -2.07. The molecule has 0 unspecified atom stereocenters. The minimum absolute atomic E-state index is 0.0783. The number of thioether (sulfide) groups is 1. The van der Waals surface area contributed by atoms with Gasteiger partial charge in [0.1, 0.15) is 0 Å². The summed E-state index contributed by atoms with van der Waals surface area (Å²) in [4.78, 5) is 19.4. The van der Waals surface area contributed by atoms with Crippen molar-refractivity contribution in [1.82, 2.24) is 4.90 Å². The first kappa shape index (κ1) is 17.2. The first-order chi connectivity index (χ1) is 12.5. The quantitative estimate of drug-likeness (QED) is 0.646. The van der Waals surface area contributed by atoms with Crippen molar-refractivity contribution in [2.24, 2.45) is 4.99 Å². The molecule has 1 saturated heterocycles. The van der Waals surface area contributed by atoms with E-state index in [1.165, 1.54) is 17.3 Å². The predicted octanol–water partition coefficient (Wildman–Crippen LogP) is 4.72. The van der Waals surface area contributed by atoms with E-state index in [-0.39, 0.29) is 12.7 Å². The third kappa shape index (κ3) is 3.24. The van der Waals surface area contributed by atoms with Crippen LogP contribution in [0.2, 0.25) is 0 Å². The van der Waals surface area contributed by atoms with Crippen molar-refractivity contribution >= 4 is 50.5 Å². The van der Waals surface area contributed by atoms with E-state index in [1.807, 2.05) is 49.4 Å². The normalized spacial score (nSPS) is 19.0. The molecule has 0 saturated carbocycles. The van der Waals surface area contributed by atoms with Crippen molar-refractivity contribution < 1.29 is 14.3 Å². The Bertz CT molecular complexity index is 954. The van der Waals surface area contributed by atoms with E-state index >= 15 is 0 Å². The van der Waals surface area contributed by atoms with E-state index in [9.17, 15) is 4.79 Å². The van der Waals surface area contributed by atoms with Crippen LogP contribution in [0.5, 0.6) is 11.5 Å². The first-order valence-electron chi connectivity index (χ1n) is 7.93. The molecule has 0 N–H and O–H groups in total. The molecule has 0 atom stereocenters. The molecular weight excluding hydrogens is 416 g/mol. The number of halogens is 1. The van der Waals surface area contributed by atoms with Gasteiger partial charge in [-0.15, -0.1) is 0 Å². The van der Waals surface area contributed by atoms with Crippen LogP contribution in [-0.2, 0) is 4.79 Å². The van der Waals surface area contributed by atoms with Crippen LogP contribution in [0.25, 0.3) is 6.08 Å². The summed E-state index contributed by atoms with van der Waals surface area (Å²) in [6.45, 7) is 2.24. The number of carbonyl (C=O) groups is 1. The number of nitrogens with zero attached hydrogens (tertiary/aromatic N) is 2. The summed E-state index contributed by atoms with van der Waals surface area (Å²) in [5.74, 6) is 1.30. The van der Waals surface area contributed by atoms with Gasteiger partial charge < -0.3 is 9.47 Å². The van der Waals surface area contributed by atoms with Gasteiger partial charge in [-0.1, -0.05) is 33.6 Å². The first-order valence-corrected chi connectivity index (χ1v) is 9.54. The van der Waals surface area contributed by atoms with Crippen LogP contribution in [0, 0.1) is 6.92 Å². The highest BCUT2D eigenvalue weighted by Gasteiger charge is 2.30. The van der Waals surface area contributed by atoms with Gasteiger partial charge in [0.25, 0.3) is 5.91 Å². The third-order valence-corrected chi connectivity index (χ3v) is 5.79. The Kier molecular flexibility index (Phi) is 4.50. The molecule has 26 heavy (non-hydrogen) atoms. The molecule has 5 nitrogen and oxygen atoms in total. The molecule has 0 aromatic heterocycles. The molecule has 2 aromatic rings. The molecular formula is C19H15BrN2O3S. The molecule has 0 spiro atoms. The van der Waals surface area contributed by atoms with Gasteiger partial charge in [-0.2, -0.15) is 0 Å². The number of likely N-dealkylation sites (N-methyl/N-ethyl adjacent to an activating group) is 1. The SMILES string of the molecule is Cc1ccc(N=C2S/C(=C/c3cc4c(cc3Br)OCO4)C(=O)N2C)cc1. The molecule has 0 radical (unpaired) electrons. The van der Waals surface area contributed by atoms with Gasteiger partial charge in [0.05, 0.1) is 10.6 Å². The second kappa shape index (κ2) is 6.81. The second-order valence-corrected chi connectivity index (χ2v) is 7.80. The van der Waals surface area contributed by atoms with Gasteiger partial charge in [0.15, 0.2) is 16.7 Å². The molecule has 2 aliphatic heterocycles. The Hall–Kier alpha value is -2.25. The van der Waals surface area contributed by atoms with Gasteiger partial charge >= 0.3 is 0 Å². The number of benzene rings is 2. The Labute approximate surface area is 163 Å². The minimum Gasteiger partial charge on any atom is -0.454 e. The Morgan fingerprint density at radius 1 is 1.19 bits per heavy atom. The average molecular weight is 431 g/mol. The fourth-order valence-electron chi connectivity index (χ4n) is 2.57. The topological polar surface area (TPSA) is 51.1 Å². The van der Waals surface area contributed by atoms with Gasteiger partial charge in [-0.3, -0.25) is 9.69 Å². The van der Waals surface area contributed by atoms with Gasteiger partial charge in [0.2, 0.25) is 6.79 Å². The van der Waals surface area contributed by atoms with Crippen molar-refractivity contribution in [1.29, 1.82) is 0 Å². The summed E-state index contributed by atoms with van der Waals surface area (Å²) in [6, 6.07) is 11.6. The zero-order chi connectivity index (χ0) is 18.3. The zero-order valence-electron chi connectivity index (χ0n) is 14.2. The van der Waals surface area contributed by atoms with E-state index in [1.54, 1.807) is 11.9 Å². The van der Waals surface area contributed by atoms with Crippen molar-refractivity contribution in [3.05, 3.63) is 56.9 Å². The molecule has 1 fully saturated rings. The number of hydrogen-bond donors (Lipinski definition) is 0. The fraction of sp³-hybridized carbons (Fsp3) is 0.158. The van der Waals surface area contributed by atoms with Gasteiger partial charge in [0, 0.05) is 11.5 Å². The van der Waals surface area contributed by atoms with E-state index < -0.39 is 0 Å². The van der Waals surface area contributed by atoms with Crippen LogP contribution in [0.15, 0.2) is 50.8 Å². The summed E-state index contributed by atoms with van der Waals surface area (Å²) >= 11 is 4.88. The standard InChI is InChI=1S/C19H15BrN2O3S/c1-11-3-5-13(6-4-11)21-19-22(2)18(23)17(26-19)8-12-7-15-16(9-14(12)20)25-10-24-15/h3-9H,10H2,1-2H3/b17-8+,21-19?. The van der Waals surface area contributed by atoms with Crippen molar-refractivity contribution in [3.63, 3.8) is 0 Å². The molecule has 2 aromatic carbocycles. The van der Waals surface area contributed by atoms with Crippen LogP contribution >= 0.6 is 27.7 Å². The number of fused-ring (bicyclic) bond motifs is 1. The maximum Gasteiger partial charge on any atom is 0.266 e. The van der Waals surface area contributed by atoms with E-state index in [0.717, 1.165) is 15.7 Å². The Balaban J connectivity index is 1.65. The molecule has 0 bridgehead atoms. The molecule has 2 aliphatic rings. The smallest absolute Gasteiger partial charge is 0.266 e. The van der Waals surface area contributed by atoms with Crippen LogP contribution < -0.4 is 9.47 Å². The fourth-order valence-corrected chi connectivity index (χ4v) is 3.98. The molecule has 7 heteroatoms. The molecule has 4 rings (SSSR count). The number of ether oxygens (including phenoxy) is 2. The lowest BCUT2D eigenvalue weighted by Crippen LogP contribution is -2.23. The van der Waals surface area contributed by atoms with Crippen LogP contribution in [0.4, 0.5) is 5.69 Å². The number of carbonyl (C=O) groups excluding carboxylic acids is 1. The summed E-state index contributed by atoms with van der Waals surface area (Å²) in [6.07, 6.45) is 1.84. The summed E-state index contributed by atoms with van der Waals surface area (Å²) in [7, 11) is 1.73. The largest absolute Gasteiger partial charge is 0.454 e. The Morgan fingerprint density at radius 2 is 1.88 bits per heavy atom. The predicted molar refractivity (Wildman–Crippen MR) is 107 cm³/mol. The molecule has 2 heterocycles. The van der Waals surface area contributed by atoms with E-state index in [4.69, 9.17) is 9.47 Å². The number of rotatable bonds is 2. The second-order valence-electron chi connectivity index (χ2n) is 5.93. The lowest BCUT2D eigenvalue weighted by molar-refractivity contribution is -0.121.